The summed E-state index contributed by atoms with van der Waals surface area (Å²) >= 11 is 3.46. The van der Waals surface area contributed by atoms with E-state index in [1.807, 2.05) is 0 Å². The first-order valence-electron chi connectivity index (χ1n) is 6.54. The highest BCUT2D eigenvalue weighted by molar-refractivity contribution is 9.10. The van der Waals surface area contributed by atoms with Crippen LogP contribution in [0.4, 0.5) is 0 Å². The summed E-state index contributed by atoms with van der Waals surface area (Å²) in [6.07, 6.45) is 4.02. The molecule has 18 heavy (non-hydrogen) atoms. The summed E-state index contributed by atoms with van der Waals surface area (Å²) in [5, 5.41) is 0. The highest BCUT2D eigenvalue weighted by Gasteiger charge is 2.32. The molecule has 0 aliphatic heterocycles. The van der Waals surface area contributed by atoms with Crippen LogP contribution in [0.3, 0.4) is 0 Å². The zero-order valence-electron chi connectivity index (χ0n) is 11.0. The normalized spacial score (nSPS) is 22.2. The number of halogens is 1. The standard InChI is InChI=1S/C15H20BrNO/c1-17(2)15(11-7-9-12(16)10-8-11)13-5-3-4-6-14(13)18/h7-10,13,15H,3-6H2,1-2H3. The fraction of sp³-hybridized carbons (Fsp3) is 0.533. The summed E-state index contributed by atoms with van der Waals surface area (Å²) in [5.74, 6) is 0.595. The predicted octanol–water partition coefficient (Wildman–Crippen LogP) is 3.81. The van der Waals surface area contributed by atoms with E-state index in [0.717, 1.165) is 23.7 Å². The van der Waals surface area contributed by atoms with Gasteiger partial charge in [-0.3, -0.25) is 4.79 Å². The second kappa shape index (κ2) is 5.98. The molecule has 0 bridgehead atoms. The Morgan fingerprint density at radius 1 is 1.22 bits per heavy atom. The van der Waals surface area contributed by atoms with E-state index >= 15 is 0 Å². The van der Waals surface area contributed by atoms with Gasteiger partial charge in [0.1, 0.15) is 5.78 Å². The van der Waals surface area contributed by atoms with E-state index in [1.54, 1.807) is 0 Å². The van der Waals surface area contributed by atoms with Crippen molar-refractivity contribution in [1.29, 1.82) is 0 Å². The van der Waals surface area contributed by atoms with Crippen LogP contribution in [0.25, 0.3) is 0 Å². The van der Waals surface area contributed by atoms with E-state index in [-0.39, 0.29) is 12.0 Å². The van der Waals surface area contributed by atoms with Crippen molar-refractivity contribution in [3.8, 4) is 0 Å². The molecule has 2 atom stereocenters. The fourth-order valence-electron chi connectivity index (χ4n) is 2.89. The topological polar surface area (TPSA) is 20.3 Å². The number of Topliss-reactive ketones (excluding diaryl/α,β-unsaturated/α-hetero) is 1. The number of carbonyl (C=O) groups is 1. The molecule has 0 spiro atoms. The molecule has 2 rings (SSSR count). The van der Waals surface area contributed by atoms with Crippen LogP contribution in [-0.2, 0) is 4.79 Å². The molecule has 0 N–H and O–H groups in total. The second-order valence-corrected chi connectivity index (χ2v) is 6.19. The van der Waals surface area contributed by atoms with Crippen molar-refractivity contribution < 1.29 is 4.79 Å². The van der Waals surface area contributed by atoms with Crippen molar-refractivity contribution in [3.05, 3.63) is 34.3 Å². The molecule has 0 aromatic heterocycles. The van der Waals surface area contributed by atoms with Gasteiger partial charge in [0.2, 0.25) is 0 Å². The summed E-state index contributed by atoms with van der Waals surface area (Å²) in [6, 6.07) is 8.57. The van der Waals surface area contributed by atoms with Gasteiger partial charge in [-0.2, -0.15) is 0 Å². The van der Waals surface area contributed by atoms with Crippen molar-refractivity contribution in [2.45, 2.75) is 31.7 Å². The largest absolute Gasteiger partial charge is 0.302 e. The minimum Gasteiger partial charge on any atom is -0.302 e. The van der Waals surface area contributed by atoms with E-state index in [4.69, 9.17) is 0 Å². The number of benzene rings is 1. The fourth-order valence-corrected chi connectivity index (χ4v) is 3.16. The molecule has 1 aliphatic rings. The van der Waals surface area contributed by atoms with E-state index in [2.05, 4.69) is 59.2 Å². The van der Waals surface area contributed by atoms with Gasteiger partial charge in [-0.25, -0.2) is 0 Å². The maximum Gasteiger partial charge on any atom is 0.137 e. The lowest BCUT2D eigenvalue weighted by Gasteiger charge is -2.34. The summed E-state index contributed by atoms with van der Waals surface area (Å²) in [4.78, 5) is 14.3. The first kappa shape index (κ1) is 13.8. The van der Waals surface area contributed by atoms with E-state index in [1.165, 1.54) is 12.0 Å². The maximum absolute atomic E-state index is 12.1. The van der Waals surface area contributed by atoms with Crippen LogP contribution in [0.2, 0.25) is 0 Å². The van der Waals surface area contributed by atoms with E-state index in [0.29, 0.717) is 5.78 Å². The molecule has 1 aliphatic carbocycles. The summed E-state index contributed by atoms with van der Waals surface area (Å²) in [6.45, 7) is 0. The van der Waals surface area contributed by atoms with Crippen molar-refractivity contribution in [2.75, 3.05) is 14.1 Å². The predicted molar refractivity (Wildman–Crippen MR) is 77.5 cm³/mol. The molecule has 1 aromatic carbocycles. The Balaban J connectivity index is 2.27. The first-order chi connectivity index (χ1) is 8.59. The van der Waals surface area contributed by atoms with Crippen molar-refractivity contribution in [2.24, 2.45) is 5.92 Å². The van der Waals surface area contributed by atoms with Gasteiger partial charge < -0.3 is 4.90 Å². The molecule has 2 nitrogen and oxygen atoms in total. The Bertz CT molecular complexity index is 413. The molecular formula is C15H20BrNO. The smallest absolute Gasteiger partial charge is 0.137 e. The van der Waals surface area contributed by atoms with Gasteiger partial charge in [0, 0.05) is 22.9 Å². The highest BCUT2D eigenvalue weighted by atomic mass is 79.9. The van der Waals surface area contributed by atoms with Gasteiger partial charge in [0.25, 0.3) is 0 Å². The number of nitrogens with zero attached hydrogens (tertiary/aromatic N) is 1. The third-order valence-electron chi connectivity index (χ3n) is 3.75. The number of hydrogen-bond donors (Lipinski definition) is 0. The zero-order valence-corrected chi connectivity index (χ0v) is 12.6. The lowest BCUT2D eigenvalue weighted by atomic mass is 9.79. The van der Waals surface area contributed by atoms with Gasteiger partial charge in [0.05, 0.1) is 0 Å². The van der Waals surface area contributed by atoms with Crippen LogP contribution in [0.5, 0.6) is 0 Å². The summed E-state index contributed by atoms with van der Waals surface area (Å²) < 4.78 is 1.08. The molecule has 1 fully saturated rings. The lowest BCUT2D eigenvalue weighted by Crippen LogP contribution is -2.34. The monoisotopic (exact) mass is 309 g/mol. The second-order valence-electron chi connectivity index (χ2n) is 5.28. The number of ketones is 1. The molecule has 3 heteroatoms. The van der Waals surface area contributed by atoms with Crippen molar-refractivity contribution >= 4 is 21.7 Å². The Labute approximate surface area is 117 Å². The zero-order chi connectivity index (χ0) is 13.1. The first-order valence-corrected chi connectivity index (χ1v) is 7.33. The van der Waals surface area contributed by atoms with Gasteiger partial charge in [-0.15, -0.1) is 0 Å². The highest BCUT2D eigenvalue weighted by Crippen LogP contribution is 2.35. The minimum atomic E-state index is 0.162. The molecule has 0 radical (unpaired) electrons. The molecule has 0 amide bonds. The number of rotatable bonds is 3. The maximum atomic E-state index is 12.1. The van der Waals surface area contributed by atoms with Crippen LogP contribution < -0.4 is 0 Å². The summed E-state index contributed by atoms with van der Waals surface area (Å²) in [7, 11) is 4.13. The van der Waals surface area contributed by atoms with Gasteiger partial charge in [0.15, 0.2) is 0 Å². The Morgan fingerprint density at radius 2 is 1.89 bits per heavy atom. The SMILES string of the molecule is CN(C)C(c1ccc(Br)cc1)C1CCCCC1=O. The van der Waals surface area contributed by atoms with Crippen LogP contribution in [-0.4, -0.2) is 24.8 Å². The van der Waals surface area contributed by atoms with Crippen molar-refractivity contribution in [3.63, 3.8) is 0 Å². The Hall–Kier alpha value is -0.670. The molecule has 0 saturated heterocycles. The van der Waals surface area contributed by atoms with Gasteiger partial charge in [-0.1, -0.05) is 34.5 Å². The molecular weight excluding hydrogens is 290 g/mol. The molecule has 98 valence electrons. The molecule has 0 heterocycles. The average molecular weight is 310 g/mol. The third-order valence-corrected chi connectivity index (χ3v) is 4.28. The van der Waals surface area contributed by atoms with Crippen LogP contribution >= 0.6 is 15.9 Å². The van der Waals surface area contributed by atoms with Gasteiger partial charge in [-0.05, 0) is 44.6 Å². The van der Waals surface area contributed by atoms with E-state index in [9.17, 15) is 4.79 Å². The molecule has 1 saturated carbocycles. The quantitative estimate of drug-likeness (QED) is 0.846. The van der Waals surface area contributed by atoms with Crippen LogP contribution in [0, 0.1) is 5.92 Å². The van der Waals surface area contributed by atoms with Crippen LogP contribution in [0.15, 0.2) is 28.7 Å². The van der Waals surface area contributed by atoms with Crippen molar-refractivity contribution in [1.82, 2.24) is 4.90 Å². The Morgan fingerprint density at radius 3 is 2.44 bits per heavy atom. The van der Waals surface area contributed by atoms with E-state index < -0.39 is 0 Å². The number of hydrogen-bond acceptors (Lipinski definition) is 2. The molecule has 1 aromatic rings. The number of carbonyl (C=O) groups excluding carboxylic acids is 1. The third kappa shape index (κ3) is 3.01. The lowest BCUT2D eigenvalue weighted by molar-refractivity contribution is -0.126. The summed E-state index contributed by atoms with van der Waals surface area (Å²) in [5.41, 5.74) is 1.24. The molecule has 2 unspecified atom stereocenters. The van der Waals surface area contributed by atoms with Crippen LogP contribution in [0.1, 0.15) is 37.3 Å². The minimum absolute atomic E-state index is 0.162. The van der Waals surface area contributed by atoms with Gasteiger partial charge >= 0.3 is 0 Å². The average Bonchev–Trinajstić information content (AvgIpc) is 2.34. The Kier molecular flexibility index (Phi) is 4.57.